The SMILES string of the molecule is CC1(C)C2CCC1(C(=O)Sc1nc3ccccc3s1)c1nc(C#N)c(C#N)nc12. The number of thioether (sulfide) groups is 1. The number of carbonyl (C=O) groups excluding carboxylic acids is 1. The van der Waals surface area contributed by atoms with Crippen LogP contribution in [0.3, 0.4) is 0 Å². The second-order valence-electron chi connectivity index (χ2n) is 7.93. The highest BCUT2D eigenvalue weighted by Gasteiger charge is 2.68. The molecule has 0 radical (unpaired) electrons. The summed E-state index contributed by atoms with van der Waals surface area (Å²) in [6.07, 6.45) is 1.48. The molecule has 1 aromatic carbocycles. The van der Waals surface area contributed by atoms with Gasteiger partial charge >= 0.3 is 0 Å². The lowest BCUT2D eigenvalue weighted by Crippen LogP contribution is -2.42. The number of para-hydroxylation sites is 1. The average molecular weight is 418 g/mol. The molecule has 2 heterocycles. The minimum atomic E-state index is -0.831. The van der Waals surface area contributed by atoms with Crippen LogP contribution in [-0.2, 0) is 10.2 Å². The van der Waals surface area contributed by atoms with E-state index in [4.69, 9.17) is 0 Å². The van der Waals surface area contributed by atoms with E-state index in [0.717, 1.165) is 28.4 Å². The van der Waals surface area contributed by atoms with Gasteiger partial charge in [-0.1, -0.05) is 26.0 Å². The van der Waals surface area contributed by atoms with E-state index in [1.807, 2.05) is 36.4 Å². The third-order valence-corrected chi connectivity index (χ3v) is 8.58. The van der Waals surface area contributed by atoms with Crippen molar-refractivity contribution in [3.05, 3.63) is 47.0 Å². The summed E-state index contributed by atoms with van der Waals surface area (Å²) in [5, 5.41) is 18.7. The largest absolute Gasteiger partial charge is 0.286 e. The van der Waals surface area contributed by atoms with Gasteiger partial charge in [-0.2, -0.15) is 10.5 Å². The number of rotatable bonds is 2. The fraction of sp³-hybridized carbons (Fsp3) is 0.333. The summed E-state index contributed by atoms with van der Waals surface area (Å²) in [6.45, 7) is 4.14. The molecule has 0 N–H and O–H groups in total. The summed E-state index contributed by atoms with van der Waals surface area (Å²) < 4.78 is 1.75. The minimum absolute atomic E-state index is 0.00763. The molecular formula is C21H15N5OS2. The van der Waals surface area contributed by atoms with Crippen molar-refractivity contribution in [1.82, 2.24) is 15.0 Å². The highest BCUT2D eigenvalue weighted by molar-refractivity contribution is 8.15. The zero-order valence-corrected chi connectivity index (χ0v) is 17.4. The second kappa shape index (κ2) is 6.09. The maximum absolute atomic E-state index is 13.7. The number of thiazole rings is 1. The molecule has 2 aliphatic rings. The summed E-state index contributed by atoms with van der Waals surface area (Å²) >= 11 is 2.66. The molecule has 2 aromatic heterocycles. The van der Waals surface area contributed by atoms with E-state index >= 15 is 0 Å². The van der Waals surface area contributed by atoms with Gasteiger partial charge in [-0.3, -0.25) is 4.79 Å². The maximum atomic E-state index is 13.7. The third-order valence-electron chi connectivity index (χ3n) is 6.45. The number of nitrogens with zero attached hydrogens (tertiary/aromatic N) is 5. The van der Waals surface area contributed by atoms with Crippen LogP contribution in [0.5, 0.6) is 0 Å². The number of nitriles is 2. The summed E-state index contributed by atoms with van der Waals surface area (Å²) in [4.78, 5) is 27.3. The van der Waals surface area contributed by atoms with Crippen LogP contribution < -0.4 is 0 Å². The standard InChI is InChI=1S/C21H15N5OS2/c1-20(2)11-7-8-21(20,17-16(11)24-13(9-22)14(10-23)25-17)18(27)29-19-26-12-5-3-4-6-15(12)28-19/h3-6,11H,7-8H2,1-2H3. The van der Waals surface area contributed by atoms with Gasteiger partial charge in [0.1, 0.15) is 12.1 Å². The van der Waals surface area contributed by atoms with Crippen molar-refractivity contribution >= 4 is 38.4 Å². The minimum Gasteiger partial charge on any atom is -0.286 e. The van der Waals surface area contributed by atoms with Crippen LogP contribution >= 0.6 is 23.1 Å². The molecule has 142 valence electrons. The molecule has 2 aliphatic carbocycles. The van der Waals surface area contributed by atoms with Crippen molar-refractivity contribution < 1.29 is 4.79 Å². The lowest BCUT2D eigenvalue weighted by atomic mass is 9.69. The zero-order valence-electron chi connectivity index (χ0n) is 15.8. The molecule has 0 spiro atoms. The molecule has 2 bridgehead atoms. The van der Waals surface area contributed by atoms with E-state index in [2.05, 4.69) is 28.8 Å². The number of hydrogen-bond donors (Lipinski definition) is 0. The Kier molecular flexibility index (Phi) is 3.83. The van der Waals surface area contributed by atoms with Crippen molar-refractivity contribution in [2.24, 2.45) is 5.41 Å². The molecule has 6 nitrogen and oxygen atoms in total. The third kappa shape index (κ3) is 2.27. The van der Waals surface area contributed by atoms with Crippen LogP contribution in [0.1, 0.15) is 55.4 Å². The average Bonchev–Trinajstić information content (AvgIpc) is 3.30. The molecule has 2 atom stereocenters. The fourth-order valence-corrected chi connectivity index (χ4v) is 7.23. The van der Waals surface area contributed by atoms with E-state index in [-0.39, 0.29) is 22.4 Å². The molecule has 0 aliphatic heterocycles. The molecule has 1 saturated carbocycles. The molecule has 0 saturated heterocycles. The van der Waals surface area contributed by atoms with Crippen molar-refractivity contribution in [1.29, 1.82) is 10.5 Å². The van der Waals surface area contributed by atoms with Gasteiger partial charge in [-0.15, -0.1) is 11.3 Å². The Labute approximate surface area is 175 Å². The summed E-state index contributed by atoms with van der Waals surface area (Å²) in [5.74, 6) is 0.0461. The number of hydrogen-bond acceptors (Lipinski definition) is 8. The predicted octanol–water partition coefficient (Wildman–Crippen LogP) is 4.30. The lowest BCUT2D eigenvalue weighted by Gasteiger charge is -2.35. The Morgan fingerprint density at radius 2 is 1.90 bits per heavy atom. The Hall–Kier alpha value is -2.81. The normalized spacial score (nSPS) is 23.5. The molecule has 8 heteroatoms. The first-order valence-corrected chi connectivity index (χ1v) is 10.9. The van der Waals surface area contributed by atoms with Crippen LogP contribution in [-0.4, -0.2) is 20.1 Å². The number of carbonyl (C=O) groups is 1. The highest BCUT2D eigenvalue weighted by Crippen LogP contribution is 2.68. The van der Waals surface area contributed by atoms with Crippen LogP contribution in [0.2, 0.25) is 0 Å². The molecule has 2 unspecified atom stereocenters. The topological polar surface area (TPSA) is 103 Å². The van der Waals surface area contributed by atoms with Crippen LogP contribution in [0, 0.1) is 28.1 Å². The van der Waals surface area contributed by atoms with Gasteiger partial charge < -0.3 is 0 Å². The van der Waals surface area contributed by atoms with E-state index < -0.39 is 10.8 Å². The van der Waals surface area contributed by atoms with E-state index in [0.29, 0.717) is 22.1 Å². The first-order valence-electron chi connectivity index (χ1n) is 9.23. The summed E-state index contributed by atoms with van der Waals surface area (Å²) in [5.41, 5.74) is 0.968. The highest BCUT2D eigenvalue weighted by atomic mass is 32.2. The van der Waals surface area contributed by atoms with Gasteiger partial charge in [-0.05, 0) is 42.2 Å². The Balaban J connectivity index is 1.63. The van der Waals surface area contributed by atoms with Gasteiger partial charge in [0.15, 0.2) is 15.7 Å². The first-order chi connectivity index (χ1) is 13.9. The monoisotopic (exact) mass is 417 g/mol. The van der Waals surface area contributed by atoms with Gasteiger partial charge in [0.2, 0.25) is 5.12 Å². The van der Waals surface area contributed by atoms with Crippen LogP contribution in [0.15, 0.2) is 28.6 Å². The smallest absolute Gasteiger partial charge is 0.208 e. The fourth-order valence-electron chi connectivity index (χ4n) is 4.93. The van der Waals surface area contributed by atoms with Gasteiger partial charge in [-0.25, -0.2) is 15.0 Å². The van der Waals surface area contributed by atoms with Crippen LogP contribution in [0.25, 0.3) is 10.2 Å². The maximum Gasteiger partial charge on any atom is 0.208 e. The number of benzene rings is 1. The predicted molar refractivity (Wildman–Crippen MR) is 109 cm³/mol. The number of fused-ring (bicyclic) bond motifs is 6. The summed E-state index contributed by atoms with van der Waals surface area (Å²) in [7, 11) is 0. The van der Waals surface area contributed by atoms with E-state index in [9.17, 15) is 15.3 Å². The van der Waals surface area contributed by atoms with Gasteiger partial charge in [0, 0.05) is 5.92 Å². The molecule has 5 rings (SSSR count). The quantitative estimate of drug-likeness (QED) is 0.573. The number of aromatic nitrogens is 3. The molecular weight excluding hydrogens is 402 g/mol. The van der Waals surface area contributed by atoms with Crippen molar-refractivity contribution in [2.45, 2.75) is 42.4 Å². The molecule has 29 heavy (non-hydrogen) atoms. The van der Waals surface area contributed by atoms with E-state index in [1.54, 1.807) is 0 Å². The molecule has 3 aromatic rings. The van der Waals surface area contributed by atoms with Crippen LogP contribution in [0.4, 0.5) is 0 Å². The zero-order chi connectivity index (χ0) is 20.4. The van der Waals surface area contributed by atoms with Gasteiger partial charge in [0.05, 0.1) is 27.0 Å². The van der Waals surface area contributed by atoms with Crippen molar-refractivity contribution in [3.8, 4) is 12.1 Å². The van der Waals surface area contributed by atoms with Crippen molar-refractivity contribution in [2.75, 3.05) is 0 Å². The lowest BCUT2D eigenvalue weighted by molar-refractivity contribution is -0.118. The Morgan fingerprint density at radius 1 is 1.17 bits per heavy atom. The first kappa shape index (κ1) is 18.2. The van der Waals surface area contributed by atoms with Gasteiger partial charge in [0.25, 0.3) is 0 Å². The van der Waals surface area contributed by atoms with Crippen molar-refractivity contribution in [3.63, 3.8) is 0 Å². The Morgan fingerprint density at radius 3 is 2.62 bits per heavy atom. The molecule has 0 amide bonds. The second-order valence-corrected chi connectivity index (χ2v) is 10.2. The Bertz CT molecular complexity index is 1250. The van der Waals surface area contributed by atoms with E-state index in [1.165, 1.54) is 11.3 Å². The summed E-state index contributed by atoms with van der Waals surface area (Å²) in [6, 6.07) is 11.7. The molecule has 1 fully saturated rings.